The van der Waals surface area contributed by atoms with Crippen LogP contribution in [0.15, 0.2) is 43.0 Å². The number of nitriles is 1. The Morgan fingerprint density at radius 2 is 2.00 bits per heavy atom. The van der Waals surface area contributed by atoms with Crippen molar-refractivity contribution >= 4 is 8.32 Å². The molecule has 3 heteroatoms. The molecular weight excluding hydrogens is 250 g/mol. The molecular formula is C16H23NOSi. The van der Waals surface area contributed by atoms with E-state index in [9.17, 15) is 5.26 Å². The van der Waals surface area contributed by atoms with Crippen molar-refractivity contribution < 1.29 is 4.43 Å². The van der Waals surface area contributed by atoms with Gasteiger partial charge in [-0.2, -0.15) is 5.26 Å². The second-order valence-electron chi connectivity index (χ2n) is 5.68. The first kappa shape index (κ1) is 15.7. The SMILES string of the molecule is C=CC[Si](C)(C)OC(C)(C#N)CCc1ccccc1. The van der Waals surface area contributed by atoms with E-state index in [-0.39, 0.29) is 0 Å². The molecule has 102 valence electrons. The Kier molecular flexibility index (Phi) is 5.53. The molecule has 0 bridgehead atoms. The van der Waals surface area contributed by atoms with E-state index in [1.54, 1.807) is 0 Å². The van der Waals surface area contributed by atoms with Crippen LogP contribution in [0, 0.1) is 11.3 Å². The van der Waals surface area contributed by atoms with Gasteiger partial charge >= 0.3 is 0 Å². The molecule has 1 aromatic carbocycles. The Morgan fingerprint density at radius 3 is 2.53 bits per heavy atom. The van der Waals surface area contributed by atoms with Gasteiger partial charge in [-0.3, -0.25) is 0 Å². The molecule has 1 aromatic rings. The number of aryl methyl sites for hydroxylation is 1. The topological polar surface area (TPSA) is 33.0 Å². The largest absolute Gasteiger partial charge is 0.399 e. The van der Waals surface area contributed by atoms with Gasteiger partial charge in [-0.25, -0.2) is 0 Å². The van der Waals surface area contributed by atoms with Gasteiger partial charge in [0.25, 0.3) is 0 Å². The first-order valence-electron chi connectivity index (χ1n) is 6.67. The molecule has 0 aliphatic rings. The fraction of sp³-hybridized carbons (Fsp3) is 0.438. The lowest BCUT2D eigenvalue weighted by molar-refractivity contribution is 0.129. The summed E-state index contributed by atoms with van der Waals surface area (Å²) < 4.78 is 6.14. The van der Waals surface area contributed by atoms with Crippen LogP contribution in [0.4, 0.5) is 0 Å². The molecule has 1 atom stereocenters. The zero-order valence-corrected chi connectivity index (χ0v) is 13.1. The minimum atomic E-state index is -1.84. The summed E-state index contributed by atoms with van der Waals surface area (Å²) in [6.45, 7) is 9.93. The normalized spacial score (nSPS) is 14.4. The molecule has 0 N–H and O–H groups in total. The average molecular weight is 273 g/mol. The fourth-order valence-electron chi connectivity index (χ4n) is 2.16. The van der Waals surface area contributed by atoms with Crippen molar-refractivity contribution in [1.82, 2.24) is 0 Å². The van der Waals surface area contributed by atoms with Crippen LogP contribution in [0.25, 0.3) is 0 Å². The van der Waals surface area contributed by atoms with E-state index in [0.29, 0.717) is 0 Å². The van der Waals surface area contributed by atoms with E-state index in [1.165, 1.54) is 5.56 Å². The van der Waals surface area contributed by atoms with Gasteiger partial charge < -0.3 is 4.43 Å². The zero-order valence-electron chi connectivity index (χ0n) is 12.1. The standard InChI is InChI=1S/C16H23NOSi/c1-5-13-19(3,4)18-16(2,14-17)12-11-15-9-7-6-8-10-15/h5-10H,1,11-13H2,2-4H3. The molecule has 0 aromatic heterocycles. The van der Waals surface area contributed by atoms with E-state index in [1.807, 2.05) is 31.2 Å². The Balaban J connectivity index is 2.66. The number of benzene rings is 1. The molecule has 0 radical (unpaired) electrons. The molecule has 0 amide bonds. The first-order valence-corrected chi connectivity index (χ1v) is 9.79. The van der Waals surface area contributed by atoms with Gasteiger partial charge in [0.15, 0.2) is 8.32 Å². The number of hydrogen-bond acceptors (Lipinski definition) is 2. The lowest BCUT2D eigenvalue weighted by Crippen LogP contribution is -2.41. The van der Waals surface area contributed by atoms with E-state index in [2.05, 4.69) is 37.9 Å². The number of nitrogens with zero attached hydrogens (tertiary/aromatic N) is 1. The zero-order chi connectivity index (χ0) is 14.4. The number of rotatable bonds is 7. The summed E-state index contributed by atoms with van der Waals surface area (Å²) in [7, 11) is -1.84. The van der Waals surface area contributed by atoms with Crippen LogP contribution in [0.1, 0.15) is 18.9 Å². The molecule has 1 unspecified atom stereocenters. The van der Waals surface area contributed by atoms with E-state index in [0.717, 1.165) is 18.9 Å². The number of hydrogen-bond donors (Lipinski definition) is 0. The Bertz CT molecular complexity index is 450. The highest BCUT2D eigenvalue weighted by atomic mass is 28.4. The lowest BCUT2D eigenvalue weighted by Gasteiger charge is -2.32. The molecule has 0 aliphatic carbocycles. The van der Waals surface area contributed by atoms with Gasteiger partial charge in [0.2, 0.25) is 0 Å². The van der Waals surface area contributed by atoms with Gasteiger partial charge in [0.05, 0.1) is 6.07 Å². The molecule has 0 aliphatic heterocycles. The van der Waals surface area contributed by atoms with Crippen molar-refractivity contribution in [3.05, 3.63) is 48.6 Å². The number of allylic oxidation sites excluding steroid dienone is 1. The molecule has 0 heterocycles. The highest BCUT2D eigenvalue weighted by Crippen LogP contribution is 2.25. The lowest BCUT2D eigenvalue weighted by atomic mass is 9.98. The van der Waals surface area contributed by atoms with E-state index in [4.69, 9.17) is 4.43 Å². The van der Waals surface area contributed by atoms with Crippen LogP contribution < -0.4 is 0 Å². The third-order valence-corrected chi connectivity index (χ3v) is 5.38. The van der Waals surface area contributed by atoms with Crippen molar-refractivity contribution in [3.63, 3.8) is 0 Å². The predicted octanol–water partition coefficient (Wildman–Crippen LogP) is 4.31. The van der Waals surface area contributed by atoms with E-state index >= 15 is 0 Å². The Labute approximate surface area is 117 Å². The Hall–Kier alpha value is -1.37. The van der Waals surface area contributed by atoms with Crippen molar-refractivity contribution in [3.8, 4) is 6.07 Å². The predicted molar refractivity (Wildman–Crippen MR) is 82.4 cm³/mol. The monoisotopic (exact) mass is 273 g/mol. The molecule has 19 heavy (non-hydrogen) atoms. The second-order valence-corrected chi connectivity index (χ2v) is 9.81. The summed E-state index contributed by atoms with van der Waals surface area (Å²) in [5, 5.41) is 9.42. The minimum Gasteiger partial charge on any atom is -0.399 e. The summed E-state index contributed by atoms with van der Waals surface area (Å²) in [6, 6.07) is 13.4. The van der Waals surface area contributed by atoms with E-state index < -0.39 is 13.9 Å². The molecule has 2 nitrogen and oxygen atoms in total. The van der Waals surface area contributed by atoms with Gasteiger partial charge in [0.1, 0.15) is 5.60 Å². The maximum atomic E-state index is 9.42. The maximum absolute atomic E-state index is 9.42. The van der Waals surface area contributed by atoms with Gasteiger partial charge in [-0.1, -0.05) is 36.4 Å². The maximum Gasteiger partial charge on any atom is 0.192 e. The van der Waals surface area contributed by atoms with Crippen molar-refractivity contribution in [2.75, 3.05) is 0 Å². The van der Waals surface area contributed by atoms with Crippen molar-refractivity contribution in [2.45, 2.75) is 44.5 Å². The van der Waals surface area contributed by atoms with Crippen LogP contribution in [-0.2, 0) is 10.8 Å². The average Bonchev–Trinajstić information content (AvgIpc) is 2.37. The molecule has 1 rings (SSSR count). The second kappa shape index (κ2) is 6.69. The van der Waals surface area contributed by atoms with Crippen LogP contribution in [-0.4, -0.2) is 13.9 Å². The molecule has 0 spiro atoms. The molecule has 0 saturated heterocycles. The van der Waals surface area contributed by atoms with Crippen LogP contribution in [0.3, 0.4) is 0 Å². The third kappa shape index (κ3) is 5.42. The summed E-state index contributed by atoms with van der Waals surface area (Å²) in [5.41, 5.74) is 0.546. The third-order valence-electron chi connectivity index (χ3n) is 3.11. The van der Waals surface area contributed by atoms with Crippen molar-refractivity contribution in [2.24, 2.45) is 0 Å². The van der Waals surface area contributed by atoms with Gasteiger partial charge in [-0.05, 0) is 44.5 Å². The smallest absolute Gasteiger partial charge is 0.192 e. The van der Waals surface area contributed by atoms with Crippen molar-refractivity contribution in [1.29, 1.82) is 5.26 Å². The Morgan fingerprint density at radius 1 is 1.37 bits per heavy atom. The highest BCUT2D eigenvalue weighted by Gasteiger charge is 2.33. The first-order chi connectivity index (χ1) is 8.91. The van der Waals surface area contributed by atoms with Gasteiger partial charge in [-0.15, -0.1) is 6.58 Å². The fourth-order valence-corrected chi connectivity index (χ4v) is 4.30. The summed E-state index contributed by atoms with van der Waals surface area (Å²) in [6.07, 6.45) is 3.48. The highest BCUT2D eigenvalue weighted by molar-refractivity contribution is 6.71. The van der Waals surface area contributed by atoms with Crippen LogP contribution in [0.5, 0.6) is 0 Å². The summed E-state index contributed by atoms with van der Waals surface area (Å²) in [4.78, 5) is 0. The summed E-state index contributed by atoms with van der Waals surface area (Å²) in [5.74, 6) is 0. The quantitative estimate of drug-likeness (QED) is 0.548. The minimum absolute atomic E-state index is 0.700. The van der Waals surface area contributed by atoms with Crippen LogP contribution in [0.2, 0.25) is 19.1 Å². The van der Waals surface area contributed by atoms with Crippen LogP contribution >= 0.6 is 0 Å². The summed E-state index contributed by atoms with van der Waals surface area (Å²) >= 11 is 0. The molecule has 0 fully saturated rings. The van der Waals surface area contributed by atoms with Gasteiger partial charge in [0, 0.05) is 0 Å². The molecule has 0 saturated carbocycles.